The molecule has 86 valence electrons. The lowest BCUT2D eigenvalue weighted by molar-refractivity contribution is 0.540. The number of rotatable bonds is 1. The van der Waals surface area contributed by atoms with Crippen LogP contribution < -0.4 is 10.4 Å². The van der Waals surface area contributed by atoms with Crippen molar-refractivity contribution in [3.05, 3.63) is 56.9 Å². The molecule has 1 N–H and O–H groups in total. The van der Waals surface area contributed by atoms with E-state index in [4.69, 9.17) is 12.2 Å². The van der Waals surface area contributed by atoms with E-state index in [1.165, 1.54) is 5.57 Å². The molecule has 2 heteroatoms. The van der Waals surface area contributed by atoms with Crippen LogP contribution >= 0.6 is 12.2 Å². The summed E-state index contributed by atoms with van der Waals surface area (Å²) in [5.74, 6) is 0. The maximum Gasteiger partial charge on any atom is 0.0878 e. The highest BCUT2D eigenvalue weighted by Crippen LogP contribution is 2.15. The zero-order valence-electron chi connectivity index (χ0n) is 9.68. The van der Waals surface area contributed by atoms with Gasteiger partial charge in [-0.1, -0.05) is 61.6 Å². The normalized spacial score (nSPS) is 14.6. The summed E-state index contributed by atoms with van der Waals surface area (Å²) in [6, 6.07) is 5.82. The third-order valence-corrected chi connectivity index (χ3v) is 3.33. The van der Waals surface area contributed by atoms with Gasteiger partial charge in [-0.3, -0.25) is 0 Å². The molecule has 1 aromatic carbocycles. The van der Waals surface area contributed by atoms with Crippen LogP contribution in [0.15, 0.2) is 36.4 Å². The lowest BCUT2D eigenvalue weighted by Crippen LogP contribution is -2.14. The van der Waals surface area contributed by atoms with Gasteiger partial charge in [0.1, 0.15) is 0 Å². The van der Waals surface area contributed by atoms with Crippen molar-refractivity contribution in [2.75, 3.05) is 0 Å². The van der Waals surface area contributed by atoms with Gasteiger partial charge in [0.2, 0.25) is 0 Å². The lowest BCUT2D eigenvalue weighted by Gasteiger charge is -2.01. The predicted molar refractivity (Wildman–Crippen MR) is 75.5 cm³/mol. The Morgan fingerprint density at radius 1 is 1.24 bits per heavy atom. The van der Waals surface area contributed by atoms with Gasteiger partial charge < -0.3 is 5.11 Å². The van der Waals surface area contributed by atoms with Crippen LogP contribution in [0.1, 0.15) is 18.9 Å². The number of aliphatic hydroxyl groups is 1. The molecule has 0 aliphatic heterocycles. The van der Waals surface area contributed by atoms with Gasteiger partial charge in [-0.05, 0) is 17.6 Å². The molecule has 0 radical (unpaired) electrons. The minimum atomic E-state index is 0.684. The molecule has 0 amide bonds. The molecule has 2 rings (SSSR count). The number of hydrogen-bond donors (Lipinski definition) is 1. The van der Waals surface area contributed by atoms with Gasteiger partial charge in [-0.15, -0.1) is 0 Å². The second-order valence-electron chi connectivity index (χ2n) is 3.86. The van der Waals surface area contributed by atoms with E-state index in [0.717, 1.165) is 23.5 Å². The summed E-state index contributed by atoms with van der Waals surface area (Å²) in [5, 5.41) is 10.9. The topological polar surface area (TPSA) is 20.2 Å². The van der Waals surface area contributed by atoms with Gasteiger partial charge in [0.15, 0.2) is 0 Å². The van der Waals surface area contributed by atoms with E-state index < -0.39 is 0 Å². The molecule has 1 aliphatic rings. The summed E-state index contributed by atoms with van der Waals surface area (Å²) >= 11 is 5.42. The molecule has 17 heavy (non-hydrogen) atoms. The van der Waals surface area contributed by atoms with Crippen LogP contribution in [0.3, 0.4) is 0 Å². The van der Waals surface area contributed by atoms with E-state index in [1.807, 2.05) is 30.4 Å². The van der Waals surface area contributed by atoms with Crippen molar-refractivity contribution in [2.45, 2.75) is 13.3 Å². The minimum absolute atomic E-state index is 0.684. The Balaban J connectivity index is 2.98. The van der Waals surface area contributed by atoms with Crippen molar-refractivity contribution < 1.29 is 5.11 Å². The summed E-state index contributed by atoms with van der Waals surface area (Å²) in [4.78, 5) is 0. The van der Waals surface area contributed by atoms with Crippen molar-refractivity contribution in [3.63, 3.8) is 0 Å². The highest BCUT2D eigenvalue weighted by Gasteiger charge is 2.02. The highest BCUT2D eigenvalue weighted by atomic mass is 32.1. The van der Waals surface area contributed by atoms with Crippen molar-refractivity contribution in [1.82, 2.24) is 0 Å². The Morgan fingerprint density at radius 3 is 2.71 bits per heavy atom. The first-order valence-electron chi connectivity index (χ1n) is 5.63. The molecule has 0 saturated carbocycles. The summed E-state index contributed by atoms with van der Waals surface area (Å²) in [7, 11) is 0. The molecule has 0 atom stereocenters. The standard InChI is InChI=1S/C15H14OS/c1-2-11-6-3-4-8-14-13(11)9-5-7-12(10-16)15(14)17/h3-10,16H,2H2,1H3. The highest BCUT2D eigenvalue weighted by molar-refractivity contribution is 7.71. The molecule has 0 bridgehead atoms. The van der Waals surface area contributed by atoms with Crippen LogP contribution in [0.5, 0.6) is 0 Å². The van der Waals surface area contributed by atoms with Gasteiger partial charge in [0, 0.05) is 10.4 Å². The maximum absolute atomic E-state index is 9.19. The fourth-order valence-corrected chi connectivity index (χ4v) is 2.26. The van der Waals surface area contributed by atoms with Crippen LogP contribution in [0.25, 0.3) is 17.9 Å². The summed E-state index contributed by atoms with van der Waals surface area (Å²) in [5.41, 5.74) is 2.41. The first-order valence-corrected chi connectivity index (χ1v) is 6.04. The van der Waals surface area contributed by atoms with Gasteiger partial charge in [0.25, 0.3) is 0 Å². The molecule has 0 heterocycles. The van der Waals surface area contributed by atoms with Crippen LogP contribution in [0.4, 0.5) is 0 Å². The Morgan fingerprint density at radius 2 is 2.00 bits per heavy atom. The van der Waals surface area contributed by atoms with Crippen molar-refractivity contribution in [2.24, 2.45) is 0 Å². The summed E-state index contributed by atoms with van der Waals surface area (Å²) in [6.07, 6.45) is 10.2. The number of fused-ring (bicyclic) bond motifs is 1. The lowest BCUT2D eigenvalue weighted by atomic mass is 10.0. The maximum atomic E-state index is 9.19. The molecular weight excluding hydrogens is 228 g/mol. The van der Waals surface area contributed by atoms with Crippen LogP contribution in [0.2, 0.25) is 0 Å². The predicted octanol–water partition coefficient (Wildman–Crippen LogP) is 2.86. The molecule has 0 unspecified atom stereocenters. The second-order valence-corrected chi connectivity index (χ2v) is 4.27. The summed E-state index contributed by atoms with van der Waals surface area (Å²) in [6.45, 7) is 2.13. The van der Waals surface area contributed by atoms with E-state index in [9.17, 15) is 5.11 Å². The zero-order valence-corrected chi connectivity index (χ0v) is 10.5. The fraction of sp³-hybridized carbons (Fsp3) is 0.133. The van der Waals surface area contributed by atoms with Gasteiger partial charge >= 0.3 is 0 Å². The first-order chi connectivity index (χ1) is 8.27. The van der Waals surface area contributed by atoms with E-state index in [-0.39, 0.29) is 0 Å². The molecule has 0 saturated heterocycles. The number of hydrogen-bond acceptors (Lipinski definition) is 2. The Hall–Kier alpha value is -1.67. The van der Waals surface area contributed by atoms with Crippen LogP contribution in [-0.4, -0.2) is 5.11 Å². The molecule has 0 spiro atoms. The van der Waals surface area contributed by atoms with E-state index in [0.29, 0.717) is 9.73 Å². The molecule has 0 aromatic heterocycles. The molecular formula is C15H14OS. The Kier molecular flexibility index (Phi) is 3.55. The van der Waals surface area contributed by atoms with Crippen LogP contribution in [0, 0.1) is 4.51 Å². The third kappa shape index (κ3) is 2.22. The first kappa shape index (κ1) is 11.8. The smallest absolute Gasteiger partial charge is 0.0878 e. The largest absolute Gasteiger partial charge is 0.515 e. The average molecular weight is 242 g/mol. The van der Waals surface area contributed by atoms with Crippen molar-refractivity contribution in [3.8, 4) is 0 Å². The fourth-order valence-electron chi connectivity index (χ4n) is 1.96. The SMILES string of the molecule is CCC1=CC=CC=c2c1cccc(=CO)c2=S. The third-order valence-electron chi connectivity index (χ3n) is 2.87. The second kappa shape index (κ2) is 5.11. The summed E-state index contributed by atoms with van der Waals surface area (Å²) < 4.78 is 0.693. The molecule has 0 fully saturated rings. The average Bonchev–Trinajstić information content (AvgIpc) is 2.63. The quantitative estimate of drug-likeness (QED) is 0.764. The molecule has 1 aliphatic carbocycles. The Bertz CT molecular complexity index is 666. The van der Waals surface area contributed by atoms with Gasteiger partial charge in [-0.2, -0.15) is 0 Å². The van der Waals surface area contributed by atoms with Crippen molar-refractivity contribution >= 4 is 30.1 Å². The van der Waals surface area contributed by atoms with E-state index >= 15 is 0 Å². The van der Waals surface area contributed by atoms with Gasteiger partial charge in [0.05, 0.1) is 10.8 Å². The molecule has 1 aromatic rings. The Labute approximate surface area is 106 Å². The van der Waals surface area contributed by atoms with Crippen molar-refractivity contribution in [1.29, 1.82) is 0 Å². The zero-order chi connectivity index (χ0) is 12.3. The number of allylic oxidation sites excluding steroid dienone is 4. The van der Waals surface area contributed by atoms with E-state index in [1.54, 1.807) is 0 Å². The monoisotopic (exact) mass is 242 g/mol. The number of aliphatic hydroxyl groups excluding tert-OH is 1. The minimum Gasteiger partial charge on any atom is -0.515 e. The van der Waals surface area contributed by atoms with E-state index in [2.05, 4.69) is 19.1 Å². The van der Waals surface area contributed by atoms with Gasteiger partial charge in [-0.25, -0.2) is 0 Å². The van der Waals surface area contributed by atoms with Crippen LogP contribution in [-0.2, 0) is 0 Å². The molecule has 1 nitrogen and oxygen atoms in total.